The van der Waals surface area contributed by atoms with E-state index in [-0.39, 0.29) is 0 Å². The summed E-state index contributed by atoms with van der Waals surface area (Å²) in [5.41, 5.74) is 7.64. The van der Waals surface area contributed by atoms with Crippen LogP contribution >= 0.6 is 0 Å². The number of nitrogens with two attached hydrogens (primary N) is 1. The molecule has 0 radical (unpaired) electrons. The van der Waals surface area contributed by atoms with Gasteiger partial charge in [0.05, 0.1) is 19.9 Å². The van der Waals surface area contributed by atoms with Gasteiger partial charge in [-0.1, -0.05) is 0 Å². The van der Waals surface area contributed by atoms with Gasteiger partial charge in [0.1, 0.15) is 5.75 Å². The first kappa shape index (κ1) is 12.0. The van der Waals surface area contributed by atoms with Crippen LogP contribution in [0, 0.1) is 0 Å². The first-order valence-corrected chi connectivity index (χ1v) is 5.72. The minimum absolute atomic E-state index is 0.759. The molecule has 0 aliphatic carbocycles. The lowest BCUT2D eigenvalue weighted by Gasteiger charge is -2.35. The van der Waals surface area contributed by atoms with Gasteiger partial charge in [0, 0.05) is 31.9 Å². The monoisotopic (exact) mass is 237 g/mol. The van der Waals surface area contributed by atoms with Crippen molar-refractivity contribution in [2.45, 2.75) is 0 Å². The molecule has 1 aromatic carbocycles. The van der Waals surface area contributed by atoms with Crippen molar-refractivity contribution >= 4 is 11.4 Å². The van der Waals surface area contributed by atoms with Gasteiger partial charge in [0.2, 0.25) is 0 Å². The van der Waals surface area contributed by atoms with Crippen LogP contribution in [-0.2, 0) is 4.84 Å². The Morgan fingerprint density at radius 2 is 1.82 bits per heavy atom. The Labute approximate surface area is 102 Å². The molecule has 1 heterocycles. The van der Waals surface area contributed by atoms with Gasteiger partial charge in [0.15, 0.2) is 0 Å². The standard InChI is InChI=1S/C12H19N3O2/c1-16-12-4-3-10(13)9-11(12)14-5-7-15(17-2)8-6-14/h3-4,9H,5-8,13H2,1-2H3. The molecule has 0 spiro atoms. The zero-order valence-electron chi connectivity index (χ0n) is 10.3. The van der Waals surface area contributed by atoms with E-state index >= 15 is 0 Å². The molecule has 17 heavy (non-hydrogen) atoms. The average molecular weight is 237 g/mol. The fourth-order valence-corrected chi connectivity index (χ4v) is 2.07. The zero-order chi connectivity index (χ0) is 12.3. The van der Waals surface area contributed by atoms with Gasteiger partial charge < -0.3 is 20.2 Å². The molecule has 2 rings (SSSR count). The van der Waals surface area contributed by atoms with Crippen LogP contribution in [0.5, 0.6) is 5.75 Å². The second-order valence-corrected chi connectivity index (χ2v) is 4.03. The van der Waals surface area contributed by atoms with Gasteiger partial charge in [-0.3, -0.25) is 0 Å². The summed E-state index contributed by atoms with van der Waals surface area (Å²) in [6.07, 6.45) is 0. The topological polar surface area (TPSA) is 51.0 Å². The highest BCUT2D eigenvalue weighted by Gasteiger charge is 2.19. The van der Waals surface area contributed by atoms with E-state index in [2.05, 4.69) is 4.90 Å². The highest BCUT2D eigenvalue weighted by atomic mass is 16.7. The van der Waals surface area contributed by atoms with E-state index in [0.717, 1.165) is 43.3 Å². The van der Waals surface area contributed by atoms with Crippen molar-refractivity contribution in [2.24, 2.45) is 0 Å². The summed E-state index contributed by atoms with van der Waals surface area (Å²) in [5.74, 6) is 0.866. The Bertz CT molecular complexity index is 376. The largest absolute Gasteiger partial charge is 0.495 e. The number of methoxy groups -OCH3 is 1. The molecule has 0 unspecified atom stereocenters. The molecule has 0 bridgehead atoms. The lowest BCUT2D eigenvalue weighted by molar-refractivity contribution is -0.133. The van der Waals surface area contributed by atoms with E-state index in [0.29, 0.717) is 0 Å². The quantitative estimate of drug-likeness (QED) is 0.794. The molecule has 0 aromatic heterocycles. The van der Waals surface area contributed by atoms with Crippen LogP contribution in [0.15, 0.2) is 18.2 Å². The maximum Gasteiger partial charge on any atom is 0.142 e. The smallest absolute Gasteiger partial charge is 0.142 e. The normalized spacial score (nSPS) is 17.2. The number of hydrogen-bond donors (Lipinski definition) is 1. The number of hydrogen-bond acceptors (Lipinski definition) is 5. The number of nitrogens with zero attached hydrogens (tertiary/aromatic N) is 2. The third kappa shape index (κ3) is 2.62. The Hall–Kier alpha value is -1.46. The summed E-state index contributed by atoms with van der Waals surface area (Å²) in [4.78, 5) is 7.47. The first-order valence-electron chi connectivity index (χ1n) is 5.72. The van der Waals surface area contributed by atoms with Crippen molar-refractivity contribution in [3.05, 3.63) is 18.2 Å². The average Bonchev–Trinajstić information content (AvgIpc) is 2.39. The van der Waals surface area contributed by atoms with Crippen molar-refractivity contribution in [3.63, 3.8) is 0 Å². The number of hydroxylamine groups is 2. The van der Waals surface area contributed by atoms with Gasteiger partial charge in [-0.25, -0.2) is 0 Å². The molecule has 0 amide bonds. The highest BCUT2D eigenvalue weighted by Crippen LogP contribution is 2.30. The number of anilines is 2. The third-order valence-corrected chi connectivity index (χ3v) is 3.04. The van der Waals surface area contributed by atoms with Gasteiger partial charge in [-0.2, -0.15) is 5.06 Å². The molecule has 0 atom stereocenters. The van der Waals surface area contributed by atoms with E-state index in [9.17, 15) is 0 Å². The molecule has 1 aliphatic heterocycles. The molecule has 94 valence electrons. The lowest BCUT2D eigenvalue weighted by Crippen LogP contribution is -2.45. The van der Waals surface area contributed by atoms with Crippen LogP contribution in [0.2, 0.25) is 0 Å². The van der Waals surface area contributed by atoms with Gasteiger partial charge in [0.25, 0.3) is 0 Å². The predicted octanol–water partition coefficient (Wildman–Crippen LogP) is 0.961. The maximum absolute atomic E-state index is 5.83. The number of ether oxygens (including phenoxy) is 1. The van der Waals surface area contributed by atoms with Crippen LogP contribution in [0.1, 0.15) is 0 Å². The Morgan fingerprint density at radius 1 is 1.12 bits per heavy atom. The Kier molecular flexibility index (Phi) is 3.71. The van der Waals surface area contributed by atoms with Gasteiger partial charge in [-0.15, -0.1) is 0 Å². The zero-order valence-corrected chi connectivity index (χ0v) is 10.3. The molecule has 5 heteroatoms. The third-order valence-electron chi connectivity index (χ3n) is 3.04. The number of benzene rings is 1. The van der Waals surface area contributed by atoms with Crippen LogP contribution in [0.3, 0.4) is 0 Å². The summed E-state index contributed by atoms with van der Waals surface area (Å²) in [6.45, 7) is 3.59. The fourth-order valence-electron chi connectivity index (χ4n) is 2.07. The van der Waals surface area contributed by atoms with E-state index in [1.54, 1.807) is 14.2 Å². The van der Waals surface area contributed by atoms with Crippen LogP contribution < -0.4 is 15.4 Å². The van der Waals surface area contributed by atoms with E-state index < -0.39 is 0 Å². The first-order chi connectivity index (χ1) is 8.24. The molecule has 5 nitrogen and oxygen atoms in total. The molecule has 1 fully saturated rings. The summed E-state index contributed by atoms with van der Waals surface area (Å²) >= 11 is 0. The Balaban J connectivity index is 2.14. The number of piperazine rings is 1. The summed E-state index contributed by atoms with van der Waals surface area (Å²) in [5, 5.41) is 1.95. The molecule has 1 saturated heterocycles. The molecular formula is C12H19N3O2. The predicted molar refractivity (Wildman–Crippen MR) is 68.2 cm³/mol. The summed E-state index contributed by atoms with van der Waals surface area (Å²) in [7, 11) is 3.39. The second-order valence-electron chi connectivity index (χ2n) is 4.03. The van der Waals surface area contributed by atoms with Gasteiger partial charge >= 0.3 is 0 Å². The minimum atomic E-state index is 0.759. The molecule has 1 aromatic rings. The molecule has 0 saturated carbocycles. The van der Waals surface area contributed by atoms with E-state index in [4.69, 9.17) is 15.3 Å². The van der Waals surface area contributed by atoms with Crippen molar-refractivity contribution in [1.82, 2.24) is 5.06 Å². The lowest BCUT2D eigenvalue weighted by atomic mass is 10.2. The van der Waals surface area contributed by atoms with Crippen molar-refractivity contribution < 1.29 is 9.57 Å². The van der Waals surface area contributed by atoms with E-state index in [1.807, 2.05) is 23.3 Å². The molecule has 2 N–H and O–H groups in total. The van der Waals surface area contributed by atoms with Crippen molar-refractivity contribution in [2.75, 3.05) is 51.0 Å². The second kappa shape index (κ2) is 5.25. The minimum Gasteiger partial charge on any atom is -0.495 e. The highest BCUT2D eigenvalue weighted by molar-refractivity contribution is 5.65. The van der Waals surface area contributed by atoms with Crippen LogP contribution in [0.25, 0.3) is 0 Å². The van der Waals surface area contributed by atoms with Crippen molar-refractivity contribution in [3.8, 4) is 5.75 Å². The molecule has 1 aliphatic rings. The summed E-state index contributed by atoms with van der Waals surface area (Å²) in [6, 6.07) is 5.72. The fraction of sp³-hybridized carbons (Fsp3) is 0.500. The number of nitrogen functional groups attached to an aromatic ring is 1. The van der Waals surface area contributed by atoms with E-state index in [1.165, 1.54) is 0 Å². The maximum atomic E-state index is 5.83. The van der Waals surface area contributed by atoms with Crippen molar-refractivity contribution in [1.29, 1.82) is 0 Å². The number of rotatable bonds is 3. The Morgan fingerprint density at radius 3 is 2.41 bits per heavy atom. The SMILES string of the molecule is COc1ccc(N)cc1N1CCN(OC)CC1. The van der Waals surface area contributed by atoms with Gasteiger partial charge in [-0.05, 0) is 18.2 Å². The summed E-state index contributed by atoms with van der Waals surface area (Å²) < 4.78 is 5.36. The molecular weight excluding hydrogens is 218 g/mol. The van der Waals surface area contributed by atoms with Crippen LogP contribution in [0.4, 0.5) is 11.4 Å². The van der Waals surface area contributed by atoms with Crippen LogP contribution in [-0.4, -0.2) is 45.5 Å².